The molecule has 0 fully saturated rings. The molecule has 0 aromatic carbocycles. The molecule has 1 aliphatic rings. The topological polar surface area (TPSA) is 26.3 Å². The Morgan fingerprint density at radius 3 is 2.38 bits per heavy atom. The van der Waals surface area contributed by atoms with Crippen LogP contribution in [0.1, 0.15) is 0 Å². The zero-order chi connectivity index (χ0) is 9.52. The Labute approximate surface area is 77.9 Å². The molecule has 0 saturated heterocycles. The molecule has 2 heteroatoms. The summed E-state index contributed by atoms with van der Waals surface area (Å²) in [6.45, 7) is 0. The van der Waals surface area contributed by atoms with Gasteiger partial charge < -0.3 is 4.74 Å². The second-order valence-electron chi connectivity index (χ2n) is 2.61. The number of carbonyl (C=O) groups excluding carboxylic acids is 1. The summed E-state index contributed by atoms with van der Waals surface area (Å²) < 4.78 is 4.48. The Bertz CT molecular complexity index is 266. The fraction of sp³-hybridized carbons (Fsp3) is 0.182. The molecule has 0 unspecified atom stereocenters. The van der Waals surface area contributed by atoms with Crippen molar-refractivity contribution in [2.45, 2.75) is 0 Å². The van der Waals surface area contributed by atoms with E-state index in [1.165, 1.54) is 13.2 Å². The van der Waals surface area contributed by atoms with E-state index in [2.05, 4.69) is 4.74 Å². The van der Waals surface area contributed by atoms with Crippen molar-refractivity contribution in [1.82, 2.24) is 0 Å². The number of hydrogen-bond donors (Lipinski definition) is 0. The summed E-state index contributed by atoms with van der Waals surface area (Å²) in [5.41, 5.74) is 0. The van der Waals surface area contributed by atoms with E-state index in [4.69, 9.17) is 0 Å². The van der Waals surface area contributed by atoms with Crippen molar-refractivity contribution >= 4 is 5.97 Å². The van der Waals surface area contributed by atoms with E-state index in [1.807, 2.05) is 36.5 Å². The zero-order valence-electron chi connectivity index (χ0n) is 7.51. The maximum absolute atomic E-state index is 10.8. The Hall–Kier alpha value is -1.57. The van der Waals surface area contributed by atoms with Gasteiger partial charge in [0.25, 0.3) is 0 Å². The first-order valence-electron chi connectivity index (χ1n) is 4.11. The summed E-state index contributed by atoms with van der Waals surface area (Å²) in [6.07, 6.45) is 15.0. The largest absolute Gasteiger partial charge is 0.466 e. The van der Waals surface area contributed by atoms with Crippen molar-refractivity contribution in [3.8, 4) is 0 Å². The predicted octanol–water partition coefficient (Wildman–Crippen LogP) is 2.01. The molecule has 0 heterocycles. The van der Waals surface area contributed by atoms with Gasteiger partial charge in [0.15, 0.2) is 0 Å². The van der Waals surface area contributed by atoms with Gasteiger partial charge in [-0.15, -0.1) is 0 Å². The van der Waals surface area contributed by atoms with Gasteiger partial charge in [-0.1, -0.05) is 42.5 Å². The highest BCUT2D eigenvalue weighted by Crippen LogP contribution is 2.07. The van der Waals surface area contributed by atoms with E-state index in [0.717, 1.165) is 0 Å². The van der Waals surface area contributed by atoms with Gasteiger partial charge in [-0.3, -0.25) is 0 Å². The number of ether oxygens (including phenoxy) is 1. The number of carbonyl (C=O) groups is 1. The van der Waals surface area contributed by atoms with Gasteiger partial charge in [-0.25, -0.2) is 4.79 Å². The van der Waals surface area contributed by atoms with E-state index in [0.29, 0.717) is 0 Å². The normalized spacial score (nSPS) is 16.4. The Morgan fingerprint density at radius 2 is 1.85 bits per heavy atom. The summed E-state index contributed by atoms with van der Waals surface area (Å²) in [6, 6.07) is 0. The lowest BCUT2D eigenvalue weighted by Crippen LogP contribution is -1.95. The van der Waals surface area contributed by atoms with E-state index in [1.54, 1.807) is 6.08 Å². The second-order valence-corrected chi connectivity index (χ2v) is 2.61. The minimum Gasteiger partial charge on any atom is -0.466 e. The maximum Gasteiger partial charge on any atom is 0.330 e. The molecule has 0 atom stereocenters. The molecule has 0 spiro atoms. The van der Waals surface area contributed by atoms with E-state index < -0.39 is 0 Å². The van der Waals surface area contributed by atoms with E-state index in [-0.39, 0.29) is 11.9 Å². The van der Waals surface area contributed by atoms with Crippen molar-refractivity contribution in [1.29, 1.82) is 0 Å². The number of rotatable bonds is 2. The second kappa shape index (κ2) is 5.14. The van der Waals surface area contributed by atoms with Crippen LogP contribution in [0.15, 0.2) is 48.6 Å². The first-order valence-corrected chi connectivity index (χ1v) is 4.11. The van der Waals surface area contributed by atoms with Crippen molar-refractivity contribution < 1.29 is 9.53 Å². The molecule has 0 aromatic rings. The van der Waals surface area contributed by atoms with Crippen molar-refractivity contribution in [3.63, 3.8) is 0 Å². The first-order chi connectivity index (χ1) is 6.33. The molecular formula is C11H12O2. The minimum absolute atomic E-state index is 0.175. The third-order valence-electron chi connectivity index (χ3n) is 1.66. The van der Waals surface area contributed by atoms with Crippen LogP contribution in [-0.4, -0.2) is 13.1 Å². The van der Waals surface area contributed by atoms with Crippen LogP contribution in [0.25, 0.3) is 0 Å². The molecule has 2 nitrogen and oxygen atoms in total. The Kier molecular flexibility index (Phi) is 3.76. The van der Waals surface area contributed by atoms with Crippen molar-refractivity contribution in [2.75, 3.05) is 7.11 Å². The molecule has 0 radical (unpaired) electrons. The molecule has 13 heavy (non-hydrogen) atoms. The van der Waals surface area contributed by atoms with Crippen LogP contribution in [0.3, 0.4) is 0 Å². The summed E-state index contributed by atoms with van der Waals surface area (Å²) in [4.78, 5) is 10.8. The van der Waals surface area contributed by atoms with Crippen LogP contribution in [0.2, 0.25) is 0 Å². The molecule has 0 N–H and O–H groups in total. The van der Waals surface area contributed by atoms with Gasteiger partial charge in [0.1, 0.15) is 0 Å². The Morgan fingerprint density at radius 1 is 1.23 bits per heavy atom. The average molecular weight is 176 g/mol. The summed E-state index contributed by atoms with van der Waals surface area (Å²) >= 11 is 0. The maximum atomic E-state index is 10.8. The summed E-state index contributed by atoms with van der Waals surface area (Å²) in [5, 5.41) is 0. The fourth-order valence-corrected chi connectivity index (χ4v) is 0.963. The molecule has 0 aliphatic heterocycles. The van der Waals surface area contributed by atoms with Crippen LogP contribution in [0, 0.1) is 5.92 Å². The highest BCUT2D eigenvalue weighted by atomic mass is 16.5. The SMILES string of the molecule is COC(=O)/C=C/C1C=CC=CC=C1. The molecule has 0 saturated carbocycles. The molecule has 0 aromatic heterocycles. The van der Waals surface area contributed by atoms with Gasteiger partial charge in [-0.2, -0.15) is 0 Å². The highest BCUT2D eigenvalue weighted by Gasteiger charge is 1.96. The van der Waals surface area contributed by atoms with Crippen molar-refractivity contribution in [2.24, 2.45) is 5.92 Å². The lowest BCUT2D eigenvalue weighted by atomic mass is 10.1. The average Bonchev–Trinajstić information content (AvgIpc) is 2.42. The monoisotopic (exact) mass is 176 g/mol. The van der Waals surface area contributed by atoms with Crippen LogP contribution >= 0.6 is 0 Å². The van der Waals surface area contributed by atoms with Crippen LogP contribution < -0.4 is 0 Å². The number of esters is 1. The van der Waals surface area contributed by atoms with Gasteiger partial charge in [0.2, 0.25) is 0 Å². The standard InChI is InChI=1S/C11H12O2/c1-13-11(12)9-8-10-6-4-2-3-5-7-10/h2-10H,1H3/b9-8+. The van der Waals surface area contributed by atoms with Gasteiger partial charge >= 0.3 is 5.97 Å². The fourth-order valence-electron chi connectivity index (χ4n) is 0.963. The highest BCUT2D eigenvalue weighted by molar-refractivity contribution is 5.81. The quantitative estimate of drug-likeness (QED) is 0.475. The van der Waals surface area contributed by atoms with E-state index in [9.17, 15) is 4.79 Å². The smallest absolute Gasteiger partial charge is 0.330 e. The van der Waals surface area contributed by atoms with Crippen molar-refractivity contribution in [3.05, 3.63) is 48.6 Å². The van der Waals surface area contributed by atoms with Gasteiger partial charge in [0, 0.05) is 12.0 Å². The summed E-state index contributed by atoms with van der Waals surface area (Å²) in [7, 11) is 1.37. The van der Waals surface area contributed by atoms with Gasteiger partial charge in [0.05, 0.1) is 7.11 Å². The molecule has 1 rings (SSSR count). The van der Waals surface area contributed by atoms with Crippen LogP contribution in [0.5, 0.6) is 0 Å². The lowest BCUT2D eigenvalue weighted by Gasteiger charge is -1.97. The third-order valence-corrected chi connectivity index (χ3v) is 1.66. The minimum atomic E-state index is -0.320. The predicted molar refractivity (Wildman–Crippen MR) is 52.1 cm³/mol. The first kappa shape index (κ1) is 9.52. The molecule has 0 amide bonds. The van der Waals surface area contributed by atoms with Crippen LogP contribution in [0.4, 0.5) is 0 Å². The number of allylic oxidation sites excluding steroid dienone is 7. The number of methoxy groups -OCH3 is 1. The molecule has 68 valence electrons. The lowest BCUT2D eigenvalue weighted by molar-refractivity contribution is -0.134. The third kappa shape index (κ3) is 3.56. The Balaban J connectivity index is 2.54. The molecule has 1 aliphatic carbocycles. The summed E-state index contributed by atoms with van der Waals surface area (Å²) in [5.74, 6) is -0.145. The molecule has 0 bridgehead atoms. The molecular weight excluding hydrogens is 164 g/mol. The zero-order valence-corrected chi connectivity index (χ0v) is 7.51. The van der Waals surface area contributed by atoms with E-state index >= 15 is 0 Å². The van der Waals surface area contributed by atoms with Crippen LogP contribution in [-0.2, 0) is 9.53 Å². The number of hydrogen-bond acceptors (Lipinski definition) is 2. The van der Waals surface area contributed by atoms with Gasteiger partial charge in [-0.05, 0) is 0 Å².